The zero-order chi connectivity index (χ0) is 55.0. The van der Waals surface area contributed by atoms with Crippen molar-refractivity contribution < 1.29 is 92.4 Å². The van der Waals surface area contributed by atoms with Crippen molar-refractivity contribution in [2.75, 3.05) is 14.1 Å². The number of imide groups is 1. The van der Waals surface area contributed by atoms with Gasteiger partial charge in [0.1, 0.15) is 69.3 Å². The number of primary amides is 1. The van der Waals surface area contributed by atoms with E-state index in [9.17, 15) is 45.5 Å². The second-order valence-corrected chi connectivity index (χ2v) is 20.2. The van der Waals surface area contributed by atoms with Crippen LogP contribution in [0.3, 0.4) is 0 Å². The smallest absolute Gasteiger partial charge is 0.263 e. The van der Waals surface area contributed by atoms with Crippen LogP contribution in [-0.2, 0) is 57.3 Å². The summed E-state index contributed by atoms with van der Waals surface area (Å²) in [5.74, 6) is -11.6. The van der Waals surface area contributed by atoms with Gasteiger partial charge in [-0.05, 0) is 105 Å². The van der Waals surface area contributed by atoms with Gasteiger partial charge in [-0.1, -0.05) is 41.1 Å². The molecule has 0 aliphatic heterocycles. The van der Waals surface area contributed by atoms with Gasteiger partial charge in [0.25, 0.3) is 11.8 Å². The Balaban J connectivity index is 0.000000186. The summed E-state index contributed by atoms with van der Waals surface area (Å²) in [4.78, 5) is 63.5. The Morgan fingerprint density at radius 1 is 0.584 bits per heavy atom. The monoisotopic (exact) mass is 1250 g/mol. The fraction of sp³-hybridized carbons (Fsp3) is 0.120. The van der Waals surface area contributed by atoms with E-state index in [4.69, 9.17) is 54.7 Å². The Bertz CT molecular complexity index is 3740. The summed E-state index contributed by atoms with van der Waals surface area (Å²) in [5, 5.41) is 5.22. The van der Waals surface area contributed by atoms with Crippen LogP contribution < -0.4 is 25.3 Å². The molecule has 0 saturated carbocycles. The molecule has 3 N–H and O–H groups in total. The molecule has 0 atom stereocenters. The third-order valence-electron chi connectivity index (χ3n) is 9.73. The van der Waals surface area contributed by atoms with Crippen molar-refractivity contribution in [3.63, 3.8) is 0 Å². The van der Waals surface area contributed by atoms with Gasteiger partial charge in [-0.15, -0.1) is 34.0 Å². The number of thiazole rings is 3. The van der Waals surface area contributed by atoms with Gasteiger partial charge in [-0.25, -0.2) is 41.3 Å². The third kappa shape index (κ3) is 15.5. The van der Waals surface area contributed by atoms with Crippen LogP contribution >= 0.6 is 68.8 Å². The van der Waals surface area contributed by atoms with Crippen LogP contribution in [-0.4, -0.2) is 63.9 Å². The molecule has 395 valence electrons. The van der Waals surface area contributed by atoms with Gasteiger partial charge in [0, 0.05) is 60.3 Å². The first-order valence-corrected chi connectivity index (χ1v) is 25.0. The van der Waals surface area contributed by atoms with Crippen molar-refractivity contribution in [3.8, 4) is 17.2 Å². The molecule has 0 spiro atoms. The van der Waals surface area contributed by atoms with E-state index in [-0.39, 0.29) is 69.8 Å². The van der Waals surface area contributed by atoms with Crippen molar-refractivity contribution in [2.24, 2.45) is 10.7 Å². The molecule has 4 amide bonds. The van der Waals surface area contributed by atoms with Crippen LogP contribution in [0, 0.1) is 34.9 Å². The van der Waals surface area contributed by atoms with Gasteiger partial charge >= 0.3 is 0 Å². The molecule has 9 aromatic rings. The fourth-order valence-electron chi connectivity index (χ4n) is 6.44. The Morgan fingerprint density at radius 3 is 1.30 bits per heavy atom. The predicted molar refractivity (Wildman–Crippen MR) is 278 cm³/mol. The van der Waals surface area contributed by atoms with Gasteiger partial charge in [-0.2, -0.15) is 0 Å². The molecular formula is C50H33Cl3F6N7O7S3Y-. The average molecular weight is 1250 g/mol. The maximum absolute atomic E-state index is 14.5. The maximum Gasteiger partial charge on any atom is 0.263 e. The van der Waals surface area contributed by atoms with E-state index in [1.54, 1.807) is 50.5 Å². The summed E-state index contributed by atoms with van der Waals surface area (Å²) in [7, 11) is 3.16. The number of carbonyl (C=O) groups is 4. The third-order valence-corrected chi connectivity index (χ3v) is 13.5. The standard InChI is InChI=1S/C18H13ClF2N3O2S.C17H11ClF2N2O3S.C15H9ClF2N2O2S.Y/c1-24(2)9-22-18(25)16-11(20)4-5-13(17(16)21)26-8-15-23-12-7-10(19)3-6-14(12)27-15;1-8(23)21-17(24)15-10(19)3-4-12(16(15)20)25-7-14-22-11-6-9(18)2-5-13(11)26-14;16-7-1-4-11-9(5-7)20-12(23-11)6-22-10-3-2-8(17)13(14(10)18)15(19)21;/h3-7H,8H2,1-2H3;2-6H,7H2,1H3,(H,21,23,24);1-5H,6H2,(H2,19,21);/q-1;;;. The number of hydrogen-bond acceptors (Lipinski definition) is 13. The number of fused-ring (bicyclic) bond motifs is 3. The van der Waals surface area contributed by atoms with Crippen LogP contribution in [0.2, 0.25) is 15.1 Å². The summed E-state index contributed by atoms with van der Waals surface area (Å²) >= 11 is 21.8. The minimum atomic E-state index is -1.19. The number of carbonyl (C=O) groups excluding carboxylic acids is 4. The first-order valence-electron chi connectivity index (χ1n) is 21.4. The van der Waals surface area contributed by atoms with Crippen molar-refractivity contribution in [1.82, 2.24) is 25.2 Å². The molecule has 0 bridgehead atoms. The summed E-state index contributed by atoms with van der Waals surface area (Å²) in [6.45, 7) is 0.915. The second-order valence-electron chi connectivity index (χ2n) is 15.5. The SMILES string of the molecule is CC(=O)NC(=O)c1c(F)ccc(OCc2nc3cc(Cl)ccc3s2)c1F.CN(C)[C-]=NC(=O)c1c(F)ccc(OCc2nc3cc(Cl)ccc3s2)c1F.NC(=O)c1c(F)ccc(OCc2nc3cc(Cl)ccc3s2)c1F.[Y]. The number of nitrogens with one attached hydrogen (secondary N) is 1. The number of hydrogen-bond donors (Lipinski definition) is 2. The summed E-state index contributed by atoms with van der Waals surface area (Å²) in [5.41, 5.74) is 4.56. The van der Waals surface area contributed by atoms with E-state index in [2.05, 4.69) is 26.3 Å². The maximum atomic E-state index is 14.5. The molecule has 9 rings (SSSR count). The van der Waals surface area contributed by atoms with Crippen molar-refractivity contribution in [1.29, 1.82) is 0 Å². The summed E-state index contributed by atoms with van der Waals surface area (Å²) in [6.07, 6.45) is 2.31. The molecule has 0 saturated heterocycles. The Kier molecular flexibility index (Phi) is 20.9. The first kappa shape index (κ1) is 59.9. The van der Waals surface area contributed by atoms with Gasteiger partial charge in [-0.3, -0.25) is 19.7 Å². The molecule has 0 fully saturated rings. The van der Waals surface area contributed by atoms with Crippen molar-refractivity contribution in [3.05, 3.63) is 173 Å². The quantitative estimate of drug-likeness (QED) is 0.0367. The first-order chi connectivity index (χ1) is 36.1. The average Bonchev–Trinajstić information content (AvgIpc) is 4.09. The number of benzene rings is 6. The number of rotatable bonds is 13. The van der Waals surface area contributed by atoms with Crippen LogP contribution in [0.25, 0.3) is 30.6 Å². The summed E-state index contributed by atoms with van der Waals surface area (Å²) < 4.78 is 103. The van der Waals surface area contributed by atoms with Gasteiger partial charge in [0.2, 0.25) is 5.91 Å². The molecule has 14 nitrogen and oxygen atoms in total. The molecule has 0 aliphatic carbocycles. The molecule has 6 aromatic carbocycles. The van der Waals surface area contributed by atoms with Crippen LogP contribution in [0.15, 0.2) is 96.0 Å². The van der Waals surface area contributed by atoms with Crippen molar-refractivity contribution >= 4 is 129 Å². The van der Waals surface area contributed by atoms with Crippen LogP contribution in [0.5, 0.6) is 17.2 Å². The second kappa shape index (κ2) is 26.8. The summed E-state index contributed by atoms with van der Waals surface area (Å²) in [6, 6.07) is 21.8. The van der Waals surface area contributed by atoms with E-state index >= 15 is 0 Å². The Morgan fingerprint density at radius 2 is 0.935 bits per heavy atom. The van der Waals surface area contributed by atoms with Gasteiger partial charge in [0.15, 0.2) is 34.7 Å². The predicted octanol–water partition coefficient (Wildman–Crippen LogP) is 12.4. The molecule has 27 heteroatoms. The zero-order valence-corrected chi connectivity index (χ0v) is 47.2. The minimum absolute atomic E-state index is 0. The molecule has 0 aliphatic rings. The van der Waals surface area contributed by atoms with E-state index in [1.165, 1.54) is 38.9 Å². The minimum Gasteiger partial charge on any atom is -0.483 e. The van der Waals surface area contributed by atoms with Crippen molar-refractivity contribution in [2.45, 2.75) is 26.7 Å². The number of ether oxygens (including phenoxy) is 3. The molecule has 77 heavy (non-hydrogen) atoms. The van der Waals surface area contributed by atoms with E-state index < -0.39 is 75.2 Å². The van der Waals surface area contributed by atoms with Gasteiger partial charge < -0.3 is 34.6 Å². The number of amides is 4. The fourth-order valence-corrected chi connectivity index (χ4v) is 9.52. The van der Waals surface area contributed by atoms with Crippen LogP contribution in [0.4, 0.5) is 26.3 Å². The van der Waals surface area contributed by atoms with Gasteiger partial charge in [0.05, 0.1) is 30.6 Å². The molecular weight excluding hydrogens is 1220 g/mol. The molecule has 0 unspecified atom stereocenters. The van der Waals surface area contributed by atoms with E-state index in [0.717, 1.165) is 57.4 Å². The van der Waals surface area contributed by atoms with E-state index in [0.29, 0.717) is 46.6 Å². The Hall–Kier alpha value is -6.31. The number of nitrogens with zero attached hydrogens (tertiary/aromatic N) is 5. The van der Waals surface area contributed by atoms with Crippen LogP contribution in [0.1, 0.15) is 53.0 Å². The topological polar surface area (TPSA) is 188 Å². The molecule has 1 radical (unpaired) electrons. The number of halogens is 9. The largest absolute Gasteiger partial charge is 0.483 e. The Labute approximate surface area is 484 Å². The number of nitrogens with two attached hydrogens (primary N) is 1. The van der Waals surface area contributed by atoms with E-state index in [1.807, 2.05) is 23.5 Å². The zero-order valence-electron chi connectivity index (χ0n) is 39.7. The molecule has 3 aromatic heterocycles. The molecule has 3 heterocycles. The number of aliphatic imine (C=N–C) groups is 1. The number of aromatic nitrogens is 3. The normalized spacial score (nSPS) is 10.9.